The van der Waals surface area contributed by atoms with Crippen molar-refractivity contribution in [1.82, 2.24) is 5.48 Å². The first-order valence-electron chi connectivity index (χ1n) is 2.88. The molecule has 0 aliphatic rings. The molecule has 2 nitrogen and oxygen atoms in total. The van der Waals surface area contributed by atoms with Crippen molar-refractivity contribution in [3.63, 3.8) is 0 Å². The molecule has 1 atom stereocenters. The molecule has 0 heterocycles. The van der Waals surface area contributed by atoms with E-state index in [1.807, 2.05) is 6.92 Å². The Hall–Kier alpha value is -0.0800. The minimum absolute atomic E-state index is 0.148. The summed E-state index contributed by atoms with van der Waals surface area (Å²) < 4.78 is 0. The van der Waals surface area contributed by atoms with Crippen molar-refractivity contribution in [3.05, 3.63) is 0 Å². The van der Waals surface area contributed by atoms with Crippen LogP contribution in [0.3, 0.4) is 0 Å². The Bertz CT molecular complexity index is 65.4. The quantitative estimate of drug-likeness (QED) is 0.509. The second-order valence-electron chi connectivity index (χ2n) is 3.22. The topological polar surface area (TPSA) is 32.3 Å². The van der Waals surface area contributed by atoms with Crippen LogP contribution in [0.4, 0.5) is 0 Å². The minimum atomic E-state index is 0.148. The minimum Gasteiger partial charge on any atom is -0.317 e. The van der Waals surface area contributed by atoms with E-state index in [4.69, 9.17) is 5.21 Å². The molecular weight excluding hydrogens is 102 g/mol. The van der Waals surface area contributed by atoms with E-state index in [-0.39, 0.29) is 11.5 Å². The predicted molar refractivity (Wildman–Crippen MR) is 33.8 cm³/mol. The average molecular weight is 117 g/mol. The summed E-state index contributed by atoms with van der Waals surface area (Å²) >= 11 is 0. The Morgan fingerprint density at radius 1 is 1.38 bits per heavy atom. The van der Waals surface area contributed by atoms with Crippen LogP contribution in [0.15, 0.2) is 0 Å². The zero-order valence-corrected chi connectivity index (χ0v) is 6.02. The zero-order valence-electron chi connectivity index (χ0n) is 6.02. The van der Waals surface area contributed by atoms with Crippen molar-refractivity contribution >= 4 is 0 Å². The van der Waals surface area contributed by atoms with Gasteiger partial charge < -0.3 is 5.21 Å². The van der Waals surface area contributed by atoms with Gasteiger partial charge in [-0.3, -0.25) is 0 Å². The molecule has 0 amide bonds. The summed E-state index contributed by atoms with van der Waals surface area (Å²) in [6.45, 7) is 8.16. The molecule has 0 aliphatic carbocycles. The third-order valence-electron chi connectivity index (χ3n) is 1.49. The summed E-state index contributed by atoms with van der Waals surface area (Å²) in [5.41, 5.74) is 2.35. The smallest absolute Gasteiger partial charge is 0.0339 e. The van der Waals surface area contributed by atoms with Crippen LogP contribution in [0.1, 0.15) is 27.7 Å². The Morgan fingerprint density at radius 3 is 1.75 bits per heavy atom. The van der Waals surface area contributed by atoms with E-state index in [2.05, 4.69) is 26.3 Å². The molecule has 2 N–H and O–H groups in total. The molecule has 0 aromatic carbocycles. The first-order valence-corrected chi connectivity index (χ1v) is 2.88. The first-order chi connectivity index (χ1) is 3.48. The highest BCUT2D eigenvalue weighted by atomic mass is 16.5. The normalized spacial score (nSPS) is 16.1. The number of rotatable bonds is 1. The van der Waals surface area contributed by atoms with Gasteiger partial charge in [-0.15, -0.1) is 0 Å². The molecule has 0 radical (unpaired) electrons. The van der Waals surface area contributed by atoms with Gasteiger partial charge in [0.05, 0.1) is 0 Å². The van der Waals surface area contributed by atoms with Crippen LogP contribution in [0.2, 0.25) is 0 Å². The Balaban J connectivity index is 3.62. The van der Waals surface area contributed by atoms with Crippen LogP contribution < -0.4 is 5.48 Å². The fraction of sp³-hybridized carbons (Fsp3) is 1.00. The maximum Gasteiger partial charge on any atom is 0.0339 e. The van der Waals surface area contributed by atoms with Crippen LogP contribution in [0.25, 0.3) is 0 Å². The van der Waals surface area contributed by atoms with Crippen LogP contribution >= 0.6 is 0 Å². The van der Waals surface area contributed by atoms with Crippen LogP contribution in [-0.2, 0) is 0 Å². The summed E-state index contributed by atoms with van der Waals surface area (Å²) in [6, 6.07) is 0.155. The Kier molecular flexibility index (Phi) is 2.44. The molecule has 0 bridgehead atoms. The third kappa shape index (κ3) is 2.28. The maximum atomic E-state index is 8.42. The number of hydrogen-bond acceptors (Lipinski definition) is 2. The molecule has 0 spiro atoms. The van der Waals surface area contributed by atoms with Crippen LogP contribution in [0.5, 0.6) is 0 Å². The molecule has 50 valence electrons. The molecule has 0 rings (SSSR count). The third-order valence-corrected chi connectivity index (χ3v) is 1.49. The SMILES string of the molecule is C[C@H](NO)C(C)(C)C. The van der Waals surface area contributed by atoms with E-state index in [1.165, 1.54) is 0 Å². The molecule has 0 saturated carbocycles. The molecule has 0 saturated heterocycles. The van der Waals surface area contributed by atoms with Crippen LogP contribution in [-0.4, -0.2) is 11.2 Å². The lowest BCUT2D eigenvalue weighted by atomic mass is 9.89. The van der Waals surface area contributed by atoms with Gasteiger partial charge in [0.2, 0.25) is 0 Å². The van der Waals surface area contributed by atoms with E-state index >= 15 is 0 Å². The fourth-order valence-corrected chi connectivity index (χ4v) is 0.194. The number of hydroxylamine groups is 1. The van der Waals surface area contributed by atoms with Crippen molar-refractivity contribution in [1.29, 1.82) is 0 Å². The highest BCUT2D eigenvalue weighted by Gasteiger charge is 2.18. The molecule has 2 heteroatoms. The number of nitrogens with one attached hydrogen (secondary N) is 1. The molecule has 8 heavy (non-hydrogen) atoms. The zero-order chi connectivity index (χ0) is 6.78. The highest BCUT2D eigenvalue weighted by molar-refractivity contribution is 4.71. The highest BCUT2D eigenvalue weighted by Crippen LogP contribution is 2.17. The largest absolute Gasteiger partial charge is 0.317 e. The summed E-state index contributed by atoms with van der Waals surface area (Å²) in [4.78, 5) is 0. The van der Waals surface area contributed by atoms with Crippen LogP contribution in [0, 0.1) is 5.41 Å². The second kappa shape index (κ2) is 2.46. The van der Waals surface area contributed by atoms with Crippen molar-refractivity contribution in [3.8, 4) is 0 Å². The molecular formula is C6H15NO. The van der Waals surface area contributed by atoms with E-state index in [0.717, 1.165) is 0 Å². The van der Waals surface area contributed by atoms with E-state index in [1.54, 1.807) is 0 Å². The van der Waals surface area contributed by atoms with Gasteiger partial charge in [-0.1, -0.05) is 20.8 Å². The van der Waals surface area contributed by atoms with Crippen molar-refractivity contribution in [2.45, 2.75) is 33.7 Å². The number of hydrogen-bond donors (Lipinski definition) is 2. The summed E-state index contributed by atoms with van der Waals surface area (Å²) in [6.07, 6.45) is 0. The van der Waals surface area contributed by atoms with Gasteiger partial charge in [0, 0.05) is 6.04 Å². The Morgan fingerprint density at radius 2 is 1.75 bits per heavy atom. The first kappa shape index (κ1) is 7.92. The molecule has 0 unspecified atom stereocenters. The standard InChI is InChI=1S/C6H15NO/c1-5(7-8)6(2,3)4/h5,7-8H,1-4H3/t5-/m0/s1. The van der Waals surface area contributed by atoms with E-state index in [9.17, 15) is 0 Å². The Labute approximate surface area is 50.9 Å². The summed E-state index contributed by atoms with van der Waals surface area (Å²) in [7, 11) is 0. The summed E-state index contributed by atoms with van der Waals surface area (Å²) in [5.74, 6) is 0. The summed E-state index contributed by atoms with van der Waals surface area (Å²) in [5, 5.41) is 8.42. The van der Waals surface area contributed by atoms with E-state index in [0.29, 0.717) is 0 Å². The molecule has 0 aromatic heterocycles. The van der Waals surface area contributed by atoms with Gasteiger partial charge in [0.15, 0.2) is 0 Å². The molecule has 0 aromatic rings. The average Bonchev–Trinajstić information content (AvgIpc) is 1.62. The monoisotopic (exact) mass is 117 g/mol. The van der Waals surface area contributed by atoms with Crippen molar-refractivity contribution in [2.75, 3.05) is 0 Å². The van der Waals surface area contributed by atoms with Gasteiger partial charge in [-0.2, -0.15) is 0 Å². The van der Waals surface area contributed by atoms with Crippen molar-refractivity contribution < 1.29 is 5.21 Å². The van der Waals surface area contributed by atoms with Crippen molar-refractivity contribution in [2.24, 2.45) is 5.41 Å². The van der Waals surface area contributed by atoms with E-state index < -0.39 is 0 Å². The van der Waals surface area contributed by atoms with Gasteiger partial charge in [-0.25, -0.2) is 5.48 Å². The van der Waals surface area contributed by atoms with Gasteiger partial charge in [0.1, 0.15) is 0 Å². The van der Waals surface area contributed by atoms with Gasteiger partial charge >= 0.3 is 0 Å². The fourth-order valence-electron chi connectivity index (χ4n) is 0.194. The predicted octanol–water partition coefficient (Wildman–Crippen LogP) is 1.40. The van der Waals surface area contributed by atoms with Gasteiger partial charge in [0.25, 0.3) is 0 Å². The lowest BCUT2D eigenvalue weighted by Crippen LogP contribution is -2.35. The molecule has 0 fully saturated rings. The lowest BCUT2D eigenvalue weighted by Gasteiger charge is -2.25. The maximum absolute atomic E-state index is 8.42. The second-order valence-corrected chi connectivity index (χ2v) is 3.22. The van der Waals surface area contributed by atoms with Gasteiger partial charge in [-0.05, 0) is 12.3 Å². The molecule has 0 aliphatic heterocycles. The lowest BCUT2D eigenvalue weighted by molar-refractivity contribution is 0.0816.